The van der Waals surface area contributed by atoms with Gasteiger partial charge in [-0.25, -0.2) is 4.40 Å². The Hall–Kier alpha value is -0.760. The Morgan fingerprint density at radius 2 is 2.07 bits per heavy atom. The van der Waals surface area contributed by atoms with Gasteiger partial charge in [0.1, 0.15) is 0 Å². The molecule has 1 aromatic carbocycles. The lowest BCUT2D eigenvalue weighted by Gasteiger charge is -2.08. The summed E-state index contributed by atoms with van der Waals surface area (Å²) in [4.78, 5) is 1.30. The number of nitrogens with zero attached hydrogens (tertiary/aromatic N) is 1. The molecule has 0 fully saturated rings. The minimum atomic E-state index is 0.990. The van der Waals surface area contributed by atoms with Crippen molar-refractivity contribution in [3.05, 3.63) is 29.3 Å². The van der Waals surface area contributed by atoms with Gasteiger partial charge >= 0.3 is 0 Å². The van der Waals surface area contributed by atoms with Crippen molar-refractivity contribution in [1.82, 2.24) is 0 Å². The van der Waals surface area contributed by atoms with E-state index in [0.717, 1.165) is 6.42 Å². The zero-order chi connectivity index (χ0) is 10.4. The van der Waals surface area contributed by atoms with Crippen LogP contribution in [0.15, 0.2) is 27.5 Å². The highest BCUT2D eigenvalue weighted by atomic mass is 32.2. The summed E-state index contributed by atoms with van der Waals surface area (Å²) in [7, 11) is 0. The second-order valence-corrected chi connectivity index (χ2v) is 4.23. The second kappa shape index (κ2) is 5.86. The monoisotopic (exact) mass is 207 g/mol. The largest absolute Gasteiger partial charge is 0.223 e. The lowest BCUT2D eigenvalue weighted by Crippen LogP contribution is -1.93. The molecule has 1 aliphatic heterocycles. The number of benzene rings is 1. The molecule has 0 spiro atoms. The minimum Gasteiger partial charge on any atom is -0.223 e. The van der Waals surface area contributed by atoms with Crippen LogP contribution in [0.1, 0.15) is 31.4 Å². The first kappa shape index (κ1) is 11.3. The number of hydrogen-bond donors (Lipinski definition) is 0. The van der Waals surface area contributed by atoms with Crippen LogP contribution in [0.2, 0.25) is 0 Å². The predicted molar refractivity (Wildman–Crippen MR) is 65.2 cm³/mol. The van der Waals surface area contributed by atoms with Crippen molar-refractivity contribution in [3.63, 3.8) is 0 Å². The van der Waals surface area contributed by atoms with Crippen LogP contribution in [0, 0.1) is 6.92 Å². The van der Waals surface area contributed by atoms with Gasteiger partial charge in [0.2, 0.25) is 0 Å². The molecule has 2 heteroatoms. The Morgan fingerprint density at radius 1 is 1.36 bits per heavy atom. The summed E-state index contributed by atoms with van der Waals surface area (Å²) in [5.74, 6) is 0. The van der Waals surface area contributed by atoms with Crippen LogP contribution in [0.25, 0.3) is 0 Å². The summed E-state index contributed by atoms with van der Waals surface area (Å²) in [5.41, 5.74) is 2.74. The molecule has 1 heterocycles. The van der Waals surface area contributed by atoms with Crippen molar-refractivity contribution in [1.29, 1.82) is 0 Å². The number of aryl methyl sites for hydroxylation is 1. The molecule has 0 amide bonds. The maximum atomic E-state index is 4.14. The molecule has 1 nitrogen and oxygen atoms in total. The number of rotatable bonds is 0. The maximum absolute atomic E-state index is 4.14. The third-order valence-corrected chi connectivity index (χ3v) is 2.60. The van der Waals surface area contributed by atoms with Crippen molar-refractivity contribution in [2.24, 2.45) is 4.40 Å². The Bertz CT molecular complexity index is 318. The van der Waals surface area contributed by atoms with E-state index in [1.807, 2.05) is 6.21 Å². The summed E-state index contributed by atoms with van der Waals surface area (Å²) >= 11 is 1.57. The van der Waals surface area contributed by atoms with Gasteiger partial charge in [-0.15, -0.1) is 0 Å². The van der Waals surface area contributed by atoms with E-state index >= 15 is 0 Å². The van der Waals surface area contributed by atoms with E-state index in [4.69, 9.17) is 0 Å². The fourth-order valence-electron chi connectivity index (χ4n) is 1.19. The Balaban J connectivity index is 0.000000293. The minimum absolute atomic E-state index is 0.990. The Labute approximate surface area is 90.8 Å². The average Bonchev–Trinajstić information content (AvgIpc) is 2.19. The molecule has 14 heavy (non-hydrogen) atoms. The standard InChI is InChI=1S/C9H9NS.C3H8/c1-7-2-3-9-8(6-7)4-5-10-11-9;1-3-2/h2-3,5-6H,4H2,1H3;3H2,1-2H3. The Kier molecular flexibility index (Phi) is 4.74. The predicted octanol–water partition coefficient (Wildman–Crippen LogP) is 4.05. The van der Waals surface area contributed by atoms with Crippen LogP contribution < -0.4 is 0 Å². The van der Waals surface area contributed by atoms with E-state index < -0.39 is 0 Å². The van der Waals surface area contributed by atoms with Gasteiger partial charge in [-0.05, 0) is 18.6 Å². The van der Waals surface area contributed by atoms with E-state index in [0.29, 0.717) is 0 Å². The van der Waals surface area contributed by atoms with Crippen molar-refractivity contribution >= 4 is 18.2 Å². The van der Waals surface area contributed by atoms with Gasteiger partial charge < -0.3 is 0 Å². The van der Waals surface area contributed by atoms with Gasteiger partial charge in [-0.1, -0.05) is 38.0 Å². The first-order valence-electron chi connectivity index (χ1n) is 5.06. The topological polar surface area (TPSA) is 12.4 Å². The number of fused-ring (bicyclic) bond motifs is 1. The molecule has 1 aliphatic rings. The van der Waals surface area contributed by atoms with Gasteiger partial charge in [-0.3, -0.25) is 0 Å². The summed E-state index contributed by atoms with van der Waals surface area (Å²) < 4.78 is 4.14. The molecule has 76 valence electrons. The molecule has 0 saturated carbocycles. The lowest BCUT2D eigenvalue weighted by molar-refractivity contribution is 1.09. The number of hydrogen-bond acceptors (Lipinski definition) is 2. The van der Waals surface area contributed by atoms with Crippen LogP contribution in [0.4, 0.5) is 0 Å². The molecule has 0 aromatic heterocycles. The first-order valence-corrected chi connectivity index (χ1v) is 5.83. The van der Waals surface area contributed by atoms with Crippen molar-refractivity contribution in [3.8, 4) is 0 Å². The van der Waals surface area contributed by atoms with Crippen molar-refractivity contribution in [2.45, 2.75) is 38.5 Å². The van der Waals surface area contributed by atoms with E-state index in [1.165, 1.54) is 22.4 Å². The molecule has 0 bridgehead atoms. The smallest absolute Gasteiger partial charge is 0.0341 e. The summed E-state index contributed by atoms with van der Waals surface area (Å²) in [6.45, 7) is 6.37. The van der Waals surface area contributed by atoms with Crippen LogP contribution in [0.5, 0.6) is 0 Å². The van der Waals surface area contributed by atoms with Gasteiger partial charge in [0.05, 0.1) is 0 Å². The van der Waals surface area contributed by atoms with Gasteiger partial charge in [0.25, 0.3) is 0 Å². The van der Waals surface area contributed by atoms with Crippen LogP contribution in [0.3, 0.4) is 0 Å². The molecule has 0 radical (unpaired) electrons. The molecular formula is C12H17NS. The van der Waals surface area contributed by atoms with Gasteiger partial charge in [-0.2, -0.15) is 0 Å². The molecule has 0 saturated heterocycles. The second-order valence-electron chi connectivity index (χ2n) is 3.40. The zero-order valence-electron chi connectivity index (χ0n) is 9.08. The van der Waals surface area contributed by atoms with E-state index in [1.54, 1.807) is 11.9 Å². The molecule has 0 atom stereocenters. The third-order valence-electron chi connectivity index (χ3n) is 1.75. The summed E-state index contributed by atoms with van der Waals surface area (Å²) in [6, 6.07) is 6.51. The van der Waals surface area contributed by atoms with Gasteiger partial charge in [0.15, 0.2) is 0 Å². The normalized spacial score (nSPS) is 12.8. The fourth-order valence-corrected chi connectivity index (χ4v) is 1.84. The van der Waals surface area contributed by atoms with Crippen molar-refractivity contribution < 1.29 is 0 Å². The molecule has 0 N–H and O–H groups in total. The van der Waals surface area contributed by atoms with Gasteiger partial charge in [0, 0.05) is 29.5 Å². The quantitative estimate of drug-likeness (QED) is 0.585. The Morgan fingerprint density at radius 3 is 2.79 bits per heavy atom. The lowest BCUT2D eigenvalue weighted by atomic mass is 10.1. The van der Waals surface area contributed by atoms with E-state index in [2.05, 4.69) is 43.4 Å². The summed E-state index contributed by atoms with van der Waals surface area (Å²) in [5, 5.41) is 0. The zero-order valence-corrected chi connectivity index (χ0v) is 9.90. The summed E-state index contributed by atoms with van der Waals surface area (Å²) in [6.07, 6.45) is 4.20. The molecule has 2 rings (SSSR count). The van der Waals surface area contributed by atoms with E-state index in [-0.39, 0.29) is 0 Å². The molecule has 1 aromatic rings. The van der Waals surface area contributed by atoms with Crippen LogP contribution >= 0.6 is 11.9 Å². The SMILES string of the molecule is CCC.Cc1ccc2c(c1)CC=NS2. The fraction of sp³-hybridized carbons (Fsp3) is 0.417. The maximum Gasteiger partial charge on any atom is 0.0341 e. The van der Waals surface area contributed by atoms with Crippen LogP contribution in [-0.4, -0.2) is 6.21 Å². The average molecular weight is 207 g/mol. The molecular weight excluding hydrogens is 190 g/mol. The third kappa shape index (κ3) is 3.18. The highest BCUT2D eigenvalue weighted by Gasteiger charge is 2.05. The van der Waals surface area contributed by atoms with Crippen LogP contribution in [-0.2, 0) is 6.42 Å². The van der Waals surface area contributed by atoms with E-state index in [9.17, 15) is 0 Å². The molecule has 0 unspecified atom stereocenters. The molecule has 0 aliphatic carbocycles. The first-order chi connectivity index (χ1) is 6.77. The highest BCUT2D eigenvalue weighted by Crippen LogP contribution is 2.27. The highest BCUT2D eigenvalue weighted by molar-refractivity contribution is 7.98. The van der Waals surface area contributed by atoms with Crippen molar-refractivity contribution in [2.75, 3.05) is 0 Å².